The van der Waals surface area contributed by atoms with Gasteiger partial charge in [-0.3, -0.25) is 4.79 Å². The number of hydrogen-bond acceptors (Lipinski definition) is 3. The van der Waals surface area contributed by atoms with E-state index in [1.807, 2.05) is 18.5 Å². The average Bonchev–Trinajstić information content (AvgIpc) is 2.74. The van der Waals surface area contributed by atoms with Gasteiger partial charge in [0.1, 0.15) is 5.41 Å². The number of aromatic nitrogens is 1. The highest BCUT2D eigenvalue weighted by Gasteiger charge is 2.46. The first kappa shape index (κ1) is 13.1. The second-order valence-electron chi connectivity index (χ2n) is 5.67. The molecule has 0 saturated carbocycles. The van der Waals surface area contributed by atoms with Crippen molar-refractivity contribution in [3.05, 3.63) is 24.0 Å². The Labute approximate surface area is 107 Å². The van der Waals surface area contributed by atoms with Crippen LogP contribution >= 0.6 is 0 Å². The number of carbonyl (C=O) groups is 1. The molecule has 0 radical (unpaired) electrons. The van der Waals surface area contributed by atoms with Gasteiger partial charge in [-0.05, 0) is 11.6 Å². The number of hydrogen-bond donors (Lipinski definition) is 3. The summed E-state index contributed by atoms with van der Waals surface area (Å²) in [5.74, 6) is -0.777. The van der Waals surface area contributed by atoms with Gasteiger partial charge in [0.05, 0.1) is 13.2 Å². The number of carboxylic acids is 1. The molecule has 0 aromatic carbocycles. The molecule has 1 aromatic rings. The number of aromatic amines is 1. The van der Waals surface area contributed by atoms with Gasteiger partial charge in [-0.1, -0.05) is 13.8 Å². The van der Waals surface area contributed by atoms with Crippen LogP contribution in [0.2, 0.25) is 0 Å². The van der Waals surface area contributed by atoms with Crippen molar-refractivity contribution in [3.8, 4) is 0 Å². The lowest BCUT2D eigenvalue weighted by Crippen LogP contribution is -2.56. The molecule has 18 heavy (non-hydrogen) atoms. The number of carboxylic acid groups (broad SMARTS) is 1. The van der Waals surface area contributed by atoms with Crippen LogP contribution in [-0.2, 0) is 14.9 Å². The van der Waals surface area contributed by atoms with Crippen molar-refractivity contribution in [3.63, 3.8) is 0 Å². The van der Waals surface area contributed by atoms with Gasteiger partial charge in [0.15, 0.2) is 0 Å². The summed E-state index contributed by atoms with van der Waals surface area (Å²) in [4.78, 5) is 14.2. The van der Waals surface area contributed by atoms with Crippen molar-refractivity contribution in [1.29, 1.82) is 0 Å². The van der Waals surface area contributed by atoms with Crippen LogP contribution in [0.4, 0.5) is 0 Å². The fourth-order valence-electron chi connectivity index (χ4n) is 2.11. The molecule has 1 aromatic heterocycles. The van der Waals surface area contributed by atoms with E-state index in [2.05, 4.69) is 24.1 Å². The Hall–Kier alpha value is -1.33. The van der Waals surface area contributed by atoms with Gasteiger partial charge in [0.2, 0.25) is 0 Å². The van der Waals surface area contributed by atoms with Gasteiger partial charge in [-0.2, -0.15) is 0 Å². The van der Waals surface area contributed by atoms with Crippen LogP contribution in [0.1, 0.15) is 19.4 Å². The summed E-state index contributed by atoms with van der Waals surface area (Å²) in [6.45, 7) is 6.07. The first-order chi connectivity index (χ1) is 8.46. The van der Waals surface area contributed by atoms with Gasteiger partial charge in [-0.15, -0.1) is 0 Å². The quantitative estimate of drug-likeness (QED) is 0.705. The number of nitrogens with one attached hydrogen (secondary N) is 2. The topological polar surface area (TPSA) is 74.3 Å². The summed E-state index contributed by atoms with van der Waals surface area (Å²) in [5, 5.41) is 12.4. The molecule has 0 atom stereocenters. The summed E-state index contributed by atoms with van der Waals surface area (Å²) in [6, 6.07) is 2.04. The van der Waals surface area contributed by atoms with E-state index in [4.69, 9.17) is 4.74 Å². The van der Waals surface area contributed by atoms with E-state index in [1.54, 1.807) is 0 Å². The smallest absolute Gasteiger partial charge is 0.315 e. The molecule has 3 N–H and O–H groups in total. The molecular weight excluding hydrogens is 232 g/mol. The molecule has 5 nitrogen and oxygen atoms in total. The molecule has 0 aliphatic carbocycles. The second kappa shape index (κ2) is 4.74. The van der Waals surface area contributed by atoms with Crippen LogP contribution in [0, 0.1) is 5.41 Å². The van der Waals surface area contributed by atoms with Gasteiger partial charge in [0, 0.05) is 30.9 Å². The molecule has 0 bridgehead atoms. The highest BCUT2D eigenvalue weighted by atomic mass is 16.5. The number of H-pyrrole nitrogens is 1. The first-order valence-corrected chi connectivity index (χ1v) is 6.11. The predicted octanol–water partition coefficient (Wildman–Crippen LogP) is 0.983. The SMILES string of the molecule is CC(C)(CNCC1(C(=O)O)COC1)c1cc[nH]c1. The minimum atomic E-state index is -0.777. The predicted molar refractivity (Wildman–Crippen MR) is 67.6 cm³/mol. The third-order valence-corrected chi connectivity index (χ3v) is 3.62. The minimum absolute atomic E-state index is 0.0235. The van der Waals surface area contributed by atoms with Crippen molar-refractivity contribution >= 4 is 5.97 Å². The Kier molecular flexibility index (Phi) is 3.45. The van der Waals surface area contributed by atoms with Gasteiger partial charge in [-0.25, -0.2) is 0 Å². The summed E-state index contributed by atoms with van der Waals surface area (Å²) in [5.41, 5.74) is 0.461. The fraction of sp³-hybridized carbons (Fsp3) is 0.615. The Morgan fingerprint density at radius 2 is 2.33 bits per heavy atom. The van der Waals surface area contributed by atoms with Crippen LogP contribution in [0.5, 0.6) is 0 Å². The maximum Gasteiger partial charge on any atom is 0.315 e. The Morgan fingerprint density at radius 1 is 1.61 bits per heavy atom. The highest BCUT2D eigenvalue weighted by Crippen LogP contribution is 2.27. The average molecular weight is 252 g/mol. The van der Waals surface area contributed by atoms with Crippen molar-refractivity contribution in [1.82, 2.24) is 10.3 Å². The van der Waals surface area contributed by atoms with E-state index in [0.717, 1.165) is 6.54 Å². The molecule has 0 amide bonds. The first-order valence-electron chi connectivity index (χ1n) is 6.11. The maximum atomic E-state index is 11.2. The molecule has 0 unspecified atom stereocenters. The minimum Gasteiger partial charge on any atom is -0.481 e. The molecule has 2 heterocycles. The zero-order chi connectivity index (χ0) is 13.2. The fourth-order valence-corrected chi connectivity index (χ4v) is 2.11. The molecule has 1 saturated heterocycles. The third kappa shape index (κ3) is 2.42. The monoisotopic (exact) mass is 252 g/mol. The molecular formula is C13H20N2O3. The molecule has 2 rings (SSSR count). The van der Waals surface area contributed by atoms with Gasteiger partial charge in [0.25, 0.3) is 0 Å². The van der Waals surface area contributed by atoms with Crippen LogP contribution in [-0.4, -0.2) is 42.4 Å². The lowest BCUT2D eigenvalue weighted by molar-refractivity contribution is -0.178. The van der Waals surface area contributed by atoms with Crippen LogP contribution in [0.3, 0.4) is 0 Å². The van der Waals surface area contributed by atoms with Crippen LogP contribution < -0.4 is 5.32 Å². The van der Waals surface area contributed by atoms with Crippen molar-refractivity contribution in [2.45, 2.75) is 19.3 Å². The van der Waals surface area contributed by atoms with Crippen LogP contribution in [0.25, 0.3) is 0 Å². The maximum absolute atomic E-state index is 11.2. The van der Waals surface area contributed by atoms with Gasteiger partial charge >= 0.3 is 5.97 Å². The Bertz CT molecular complexity index is 408. The lowest BCUT2D eigenvalue weighted by Gasteiger charge is -2.38. The molecule has 1 aliphatic heterocycles. The van der Waals surface area contributed by atoms with E-state index in [0.29, 0.717) is 19.8 Å². The van der Waals surface area contributed by atoms with Crippen molar-refractivity contribution in [2.24, 2.45) is 5.41 Å². The summed E-state index contributed by atoms with van der Waals surface area (Å²) < 4.78 is 5.03. The van der Waals surface area contributed by atoms with Crippen molar-refractivity contribution < 1.29 is 14.6 Å². The van der Waals surface area contributed by atoms with Gasteiger partial charge < -0.3 is 20.1 Å². The van der Waals surface area contributed by atoms with Crippen LogP contribution in [0.15, 0.2) is 18.5 Å². The summed E-state index contributed by atoms with van der Waals surface area (Å²) in [7, 11) is 0. The van der Waals surface area contributed by atoms with E-state index < -0.39 is 11.4 Å². The molecule has 1 aliphatic rings. The normalized spacial score (nSPS) is 18.3. The largest absolute Gasteiger partial charge is 0.481 e. The van der Waals surface area contributed by atoms with E-state index in [9.17, 15) is 9.90 Å². The molecule has 5 heteroatoms. The number of rotatable bonds is 6. The van der Waals surface area contributed by atoms with E-state index >= 15 is 0 Å². The van der Waals surface area contributed by atoms with E-state index in [-0.39, 0.29) is 5.41 Å². The summed E-state index contributed by atoms with van der Waals surface area (Å²) in [6.07, 6.45) is 3.87. The van der Waals surface area contributed by atoms with Crippen molar-refractivity contribution in [2.75, 3.05) is 26.3 Å². The lowest BCUT2D eigenvalue weighted by atomic mass is 9.83. The zero-order valence-electron chi connectivity index (χ0n) is 10.8. The number of aliphatic carboxylic acids is 1. The number of ether oxygens (including phenoxy) is 1. The molecule has 100 valence electrons. The Morgan fingerprint density at radius 3 is 2.78 bits per heavy atom. The Balaban J connectivity index is 1.87. The summed E-state index contributed by atoms with van der Waals surface area (Å²) >= 11 is 0. The third-order valence-electron chi connectivity index (χ3n) is 3.62. The standard InChI is InChI=1S/C13H20N2O3/c1-12(2,10-3-4-14-5-10)6-15-7-13(11(16)17)8-18-9-13/h3-5,14-15H,6-9H2,1-2H3,(H,16,17). The van der Waals surface area contributed by atoms with E-state index in [1.165, 1.54) is 5.56 Å². The second-order valence-corrected chi connectivity index (χ2v) is 5.67. The highest BCUT2D eigenvalue weighted by molar-refractivity contribution is 5.76. The molecule has 1 fully saturated rings. The zero-order valence-corrected chi connectivity index (χ0v) is 10.8. The molecule has 0 spiro atoms.